The lowest BCUT2D eigenvalue weighted by molar-refractivity contribution is 0.0948. The average Bonchev–Trinajstić information content (AvgIpc) is 2.43. The van der Waals surface area contributed by atoms with Crippen LogP contribution in [0.1, 0.15) is 15.9 Å². The Hall–Kier alpha value is -2.20. The van der Waals surface area contributed by atoms with Crippen molar-refractivity contribution >= 4 is 23.2 Å². The molecule has 0 aliphatic rings. The maximum Gasteiger partial charge on any atom is 0.255 e. The minimum absolute atomic E-state index is 0.300. The number of hydrogen-bond acceptors (Lipinski definition) is 3. The third-order valence-corrected chi connectivity index (χ3v) is 3.23. The van der Waals surface area contributed by atoms with E-state index in [1.165, 1.54) is 0 Å². The molecule has 0 saturated carbocycles. The molecule has 0 aliphatic carbocycles. The molecule has 5 heteroatoms. The van der Waals surface area contributed by atoms with Crippen molar-refractivity contribution < 1.29 is 9.53 Å². The van der Waals surface area contributed by atoms with E-state index < -0.39 is 0 Å². The second-order valence-electron chi connectivity index (χ2n) is 4.62. The van der Waals surface area contributed by atoms with Crippen LogP contribution in [0.4, 0.5) is 5.69 Å². The van der Waals surface area contributed by atoms with Gasteiger partial charge in [0.25, 0.3) is 5.91 Å². The summed E-state index contributed by atoms with van der Waals surface area (Å²) in [7, 11) is 0. The molecule has 0 atom stereocenters. The molecule has 0 saturated heterocycles. The number of nitrogen functional groups attached to an aromatic ring is 1. The van der Waals surface area contributed by atoms with Gasteiger partial charge in [0.2, 0.25) is 0 Å². The van der Waals surface area contributed by atoms with Crippen LogP contribution in [0.25, 0.3) is 0 Å². The number of aryl methyl sites for hydroxylation is 1. The van der Waals surface area contributed by atoms with Crippen molar-refractivity contribution in [3.63, 3.8) is 0 Å². The molecule has 0 unspecified atom stereocenters. The van der Waals surface area contributed by atoms with E-state index in [1.807, 2.05) is 31.2 Å². The van der Waals surface area contributed by atoms with Gasteiger partial charge in [-0.1, -0.05) is 29.8 Å². The van der Waals surface area contributed by atoms with Gasteiger partial charge in [-0.15, -0.1) is 0 Å². The zero-order valence-electron chi connectivity index (χ0n) is 11.7. The molecule has 110 valence electrons. The van der Waals surface area contributed by atoms with Crippen molar-refractivity contribution in [2.45, 2.75) is 6.92 Å². The molecule has 0 radical (unpaired) electrons. The zero-order valence-corrected chi connectivity index (χ0v) is 12.5. The lowest BCUT2D eigenvalue weighted by atomic mass is 10.1. The van der Waals surface area contributed by atoms with Crippen LogP contribution in [0.2, 0.25) is 5.02 Å². The monoisotopic (exact) mass is 304 g/mol. The van der Waals surface area contributed by atoms with Gasteiger partial charge in [0.15, 0.2) is 0 Å². The Balaban J connectivity index is 1.85. The molecule has 2 rings (SSSR count). The summed E-state index contributed by atoms with van der Waals surface area (Å²) in [4.78, 5) is 12.0. The summed E-state index contributed by atoms with van der Waals surface area (Å²) in [5, 5.41) is 3.08. The van der Waals surface area contributed by atoms with E-state index >= 15 is 0 Å². The number of ether oxygens (including phenoxy) is 1. The summed E-state index contributed by atoms with van der Waals surface area (Å²) in [6, 6.07) is 12.7. The van der Waals surface area contributed by atoms with Crippen LogP contribution < -0.4 is 15.8 Å². The highest BCUT2D eigenvalue weighted by atomic mass is 35.5. The van der Waals surface area contributed by atoms with Crippen LogP contribution in [0.3, 0.4) is 0 Å². The maximum absolute atomic E-state index is 12.0. The zero-order chi connectivity index (χ0) is 15.2. The predicted octanol–water partition coefficient (Wildman–Crippen LogP) is 3.04. The molecular weight excluding hydrogens is 288 g/mol. The molecule has 4 nitrogen and oxygen atoms in total. The molecule has 21 heavy (non-hydrogen) atoms. The molecule has 0 spiro atoms. The van der Waals surface area contributed by atoms with Crippen LogP contribution >= 0.6 is 11.6 Å². The Labute approximate surface area is 128 Å². The molecule has 2 aromatic rings. The summed E-state index contributed by atoms with van der Waals surface area (Å²) < 4.78 is 5.55. The fraction of sp³-hybridized carbons (Fsp3) is 0.188. The topological polar surface area (TPSA) is 64.3 Å². The summed E-state index contributed by atoms with van der Waals surface area (Å²) in [5.41, 5.74) is 7.54. The quantitative estimate of drug-likeness (QED) is 0.659. The number of halogens is 1. The highest BCUT2D eigenvalue weighted by Crippen LogP contribution is 2.21. The van der Waals surface area contributed by atoms with Gasteiger partial charge in [0, 0.05) is 5.69 Å². The third kappa shape index (κ3) is 4.13. The van der Waals surface area contributed by atoms with E-state index in [1.54, 1.807) is 18.2 Å². The first-order chi connectivity index (χ1) is 10.1. The molecule has 0 fully saturated rings. The van der Waals surface area contributed by atoms with Gasteiger partial charge in [0.05, 0.1) is 17.1 Å². The molecule has 0 heterocycles. The highest BCUT2D eigenvalue weighted by Gasteiger charge is 2.13. The van der Waals surface area contributed by atoms with Crippen molar-refractivity contribution in [1.29, 1.82) is 0 Å². The molecule has 2 aromatic carbocycles. The van der Waals surface area contributed by atoms with E-state index in [2.05, 4.69) is 5.32 Å². The van der Waals surface area contributed by atoms with Crippen LogP contribution in [0, 0.1) is 6.92 Å². The number of nitrogens with one attached hydrogen (secondary N) is 1. The Morgan fingerprint density at radius 3 is 2.76 bits per heavy atom. The Morgan fingerprint density at radius 2 is 2.05 bits per heavy atom. The lowest BCUT2D eigenvalue weighted by Crippen LogP contribution is -2.29. The molecular formula is C16H17ClN2O2. The van der Waals surface area contributed by atoms with Crippen LogP contribution in [-0.2, 0) is 0 Å². The van der Waals surface area contributed by atoms with Crippen molar-refractivity contribution in [3.05, 3.63) is 58.6 Å². The Morgan fingerprint density at radius 1 is 1.29 bits per heavy atom. The second kappa shape index (κ2) is 6.99. The fourth-order valence-electron chi connectivity index (χ4n) is 1.91. The number of benzene rings is 2. The van der Waals surface area contributed by atoms with Crippen molar-refractivity contribution in [1.82, 2.24) is 5.32 Å². The van der Waals surface area contributed by atoms with Gasteiger partial charge >= 0.3 is 0 Å². The number of hydrogen-bond donors (Lipinski definition) is 2. The minimum Gasteiger partial charge on any atom is -0.492 e. The van der Waals surface area contributed by atoms with Gasteiger partial charge in [-0.05, 0) is 36.8 Å². The summed E-state index contributed by atoms with van der Waals surface area (Å²) in [5.74, 6) is 0.479. The smallest absolute Gasteiger partial charge is 0.255 e. The average molecular weight is 305 g/mol. The minimum atomic E-state index is -0.300. The van der Waals surface area contributed by atoms with Gasteiger partial charge in [-0.2, -0.15) is 0 Å². The fourth-order valence-corrected chi connectivity index (χ4v) is 2.18. The Kier molecular flexibility index (Phi) is 5.06. The third-order valence-electron chi connectivity index (χ3n) is 2.92. The number of nitrogens with two attached hydrogens (primary N) is 1. The van der Waals surface area contributed by atoms with Crippen molar-refractivity contribution in [2.24, 2.45) is 0 Å². The Bertz CT molecular complexity index is 624. The van der Waals surface area contributed by atoms with Crippen LogP contribution in [0.5, 0.6) is 5.75 Å². The predicted molar refractivity (Wildman–Crippen MR) is 84.9 cm³/mol. The standard InChI is InChI=1S/C16H17ClN2O2/c1-11-4-2-5-12(10-11)21-9-8-19-16(20)15-13(17)6-3-7-14(15)18/h2-7,10H,8-9,18H2,1H3,(H,19,20). The number of carbonyl (C=O) groups is 1. The SMILES string of the molecule is Cc1cccc(OCCNC(=O)c2c(N)cccc2Cl)c1. The van der Waals surface area contributed by atoms with Gasteiger partial charge in [-0.25, -0.2) is 0 Å². The van der Waals surface area contributed by atoms with E-state index in [0.29, 0.717) is 29.4 Å². The number of carbonyl (C=O) groups excluding carboxylic acids is 1. The second-order valence-corrected chi connectivity index (χ2v) is 5.03. The van der Waals surface area contributed by atoms with Gasteiger partial charge in [-0.3, -0.25) is 4.79 Å². The summed E-state index contributed by atoms with van der Waals surface area (Å²) in [6.07, 6.45) is 0. The molecule has 3 N–H and O–H groups in total. The summed E-state index contributed by atoms with van der Waals surface area (Å²) in [6.45, 7) is 2.74. The molecule has 1 amide bonds. The first-order valence-corrected chi connectivity index (χ1v) is 6.97. The van der Waals surface area contributed by atoms with E-state index in [-0.39, 0.29) is 5.91 Å². The van der Waals surface area contributed by atoms with Crippen molar-refractivity contribution in [3.8, 4) is 5.75 Å². The lowest BCUT2D eigenvalue weighted by Gasteiger charge is -2.10. The number of amides is 1. The highest BCUT2D eigenvalue weighted by molar-refractivity contribution is 6.34. The first kappa shape index (κ1) is 15.2. The van der Waals surface area contributed by atoms with Gasteiger partial charge < -0.3 is 15.8 Å². The number of anilines is 1. The van der Waals surface area contributed by atoms with E-state index in [9.17, 15) is 4.79 Å². The first-order valence-electron chi connectivity index (χ1n) is 6.59. The van der Waals surface area contributed by atoms with E-state index in [0.717, 1.165) is 11.3 Å². The van der Waals surface area contributed by atoms with Crippen molar-refractivity contribution in [2.75, 3.05) is 18.9 Å². The van der Waals surface area contributed by atoms with Crippen LogP contribution in [-0.4, -0.2) is 19.1 Å². The van der Waals surface area contributed by atoms with E-state index in [4.69, 9.17) is 22.1 Å². The number of rotatable bonds is 5. The molecule has 0 aliphatic heterocycles. The van der Waals surface area contributed by atoms with Crippen LogP contribution in [0.15, 0.2) is 42.5 Å². The summed E-state index contributed by atoms with van der Waals surface area (Å²) >= 11 is 5.98. The normalized spacial score (nSPS) is 10.2. The maximum atomic E-state index is 12.0. The van der Waals surface area contributed by atoms with Gasteiger partial charge in [0.1, 0.15) is 12.4 Å². The molecule has 0 aromatic heterocycles. The largest absolute Gasteiger partial charge is 0.492 e. The molecule has 0 bridgehead atoms.